The lowest BCUT2D eigenvalue weighted by atomic mass is 11.0. The van der Waals surface area contributed by atoms with Gasteiger partial charge < -0.3 is 0 Å². The van der Waals surface area contributed by atoms with Crippen LogP contribution in [-0.4, -0.2) is 6.16 Å². The van der Waals surface area contributed by atoms with E-state index in [-0.39, 0.29) is 0 Å². The predicted octanol–water partition coefficient (Wildman–Crippen LogP) is 1.31. The highest BCUT2D eigenvalue weighted by molar-refractivity contribution is 7.50. The van der Waals surface area contributed by atoms with Crippen LogP contribution in [0.4, 0.5) is 0 Å². The van der Waals surface area contributed by atoms with Gasteiger partial charge in [0.15, 0.2) is 6.16 Å². The molecule has 0 aliphatic rings. The summed E-state index contributed by atoms with van der Waals surface area (Å²) < 4.78 is 9.97. The quantitative estimate of drug-likeness (QED) is 0.468. The number of nitriles is 1. The summed E-state index contributed by atoms with van der Waals surface area (Å²) in [5.41, 5.74) is 0. The molecule has 6 heavy (non-hydrogen) atoms. The van der Waals surface area contributed by atoms with Gasteiger partial charge in [-0.05, 0) is 6.92 Å². The van der Waals surface area contributed by atoms with Crippen LogP contribution in [0.15, 0.2) is 0 Å². The van der Waals surface area contributed by atoms with Gasteiger partial charge >= 0.3 is 13.6 Å². The van der Waals surface area contributed by atoms with Crippen molar-refractivity contribution in [3.05, 3.63) is 0 Å². The molecule has 0 heterocycles. The van der Waals surface area contributed by atoms with Crippen molar-refractivity contribution >= 4 is 7.80 Å². The molecule has 0 aromatic rings. The van der Waals surface area contributed by atoms with Gasteiger partial charge in [-0.3, -0.25) is 0 Å². The van der Waals surface area contributed by atoms with Gasteiger partial charge in [0.25, 0.3) is 0 Å². The molecule has 0 rings (SSSR count). The average Bonchev–Trinajstić information content (AvgIpc) is 1.65. The molecule has 32 valence electrons. The first-order chi connectivity index (χ1) is 2.81. The Hall–Kier alpha value is -0.410. The van der Waals surface area contributed by atoms with E-state index >= 15 is 0 Å². The van der Waals surface area contributed by atoms with Gasteiger partial charge in [0.2, 0.25) is 0 Å². The topological polar surface area (TPSA) is 40.9 Å². The van der Waals surface area contributed by atoms with Crippen molar-refractivity contribution in [3.63, 3.8) is 0 Å². The minimum absolute atomic E-state index is 0.478. The molecule has 0 saturated carbocycles. The molecule has 1 atom stereocenters. The third-order valence-corrected chi connectivity index (χ3v) is 1.20. The van der Waals surface area contributed by atoms with E-state index in [0.717, 1.165) is 0 Å². The molecular weight excluding hydrogens is 97.0 g/mol. The molecule has 3 heteroatoms. The molecule has 0 fully saturated rings. The maximum Gasteiger partial charge on any atom is 0.455 e. The Kier molecular flexibility index (Phi) is 2.62. The summed E-state index contributed by atoms with van der Waals surface area (Å²) in [6.07, 6.45) is 0.478. The number of hydrogen-bond acceptors (Lipinski definition) is 2. The average molecular weight is 102 g/mol. The lowest BCUT2D eigenvalue weighted by Gasteiger charge is -1.51. The lowest BCUT2D eigenvalue weighted by Crippen LogP contribution is -1.55. The minimum Gasteiger partial charge on any atom is -0.139 e. The van der Waals surface area contributed by atoms with E-state index in [1.54, 1.807) is 12.7 Å². The third kappa shape index (κ3) is 1.87. The van der Waals surface area contributed by atoms with Crippen LogP contribution in [-0.2, 0) is 4.57 Å². The zero-order valence-electron chi connectivity index (χ0n) is 3.51. The summed E-state index contributed by atoms with van der Waals surface area (Å²) in [5.74, 6) is 1.62. The zero-order chi connectivity index (χ0) is 4.99. The molecule has 0 aliphatic carbocycles. The Bertz CT molecular complexity index is 93.5. The summed E-state index contributed by atoms with van der Waals surface area (Å²) in [7, 11) is -1.52. The first kappa shape index (κ1) is 5.59. The van der Waals surface area contributed by atoms with Gasteiger partial charge in [0, 0.05) is 0 Å². The van der Waals surface area contributed by atoms with Crippen molar-refractivity contribution in [2.75, 3.05) is 6.16 Å². The Morgan fingerprint density at radius 2 is 2.50 bits per heavy atom. The Labute approximate surface area is 37.6 Å². The van der Waals surface area contributed by atoms with Gasteiger partial charge in [-0.1, -0.05) is 4.57 Å². The van der Waals surface area contributed by atoms with E-state index in [1.807, 2.05) is 0 Å². The van der Waals surface area contributed by atoms with Crippen LogP contribution < -0.4 is 0 Å². The summed E-state index contributed by atoms with van der Waals surface area (Å²) in [6.45, 7) is 1.72. The molecule has 0 aromatic heterocycles. The maximum atomic E-state index is 9.97. The highest BCUT2D eigenvalue weighted by atomic mass is 31.1. The molecule has 1 unspecified atom stereocenters. The fraction of sp³-hybridized carbons (Fsp3) is 0.667. The molecule has 0 spiro atoms. The van der Waals surface area contributed by atoms with Crippen molar-refractivity contribution in [2.24, 2.45) is 0 Å². The van der Waals surface area contributed by atoms with Crippen molar-refractivity contribution in [3.8, 4) is 5.81 Å². The molecule has 0 bridgehead atoms. The summed E-state index contributed by atoms with van der Waals surface area (Å²) in [5, 5.41) is 7.80. The Morgan fingerprint density at radius 3 is 2.50 bits per heavy atom. The second-order valence-corrected chi connectivity index (χ2v) is 2.38. The smallest absolute Gasteiger partial charge is 0.139 e. The van der Waals surface area contributed by atoms with Crippen molar-refractivity contribution in [1.82, 2.24) is 0 Å². The predicted molar refractivity (Wildman–Crippen MR) is 23.8 cm³/mol. The summed E-state index contributed by atoms with van der Waals surface area (Å²) >= 11 is 0. The van der Waals surface area contributed by atoms with Crippen LogP contribution >= 0.6 is 7.80 Å². The number of hydrogen-bond donors (Lipinski definition) is 0. The molecule has 2 nitrogen and oxygen atoms in total. The van der Waals surface area contributed by atoms with E-state index < -0.39 is 7.80 Å². The fourth-order valence-corrected chi connectivity index (χ4v) is 0.212. The van der Waals surface area contributed by atoms with Gasteiger partial charge in [0.05, 0.1) is 0 Å². The second-order valence-electron chi connectivity index (χ2n) is 0.795. The molecule has 0 aromatic carbocycles. The Morgan fingerprint density at radius 1 is 2.00 bits per heavy atom. The second kappa shape index (κ2) is 2.81. The van der Waals surface area contributed by atoms with Crippen LogP contribution in [0.3, 0.4) is 0 Å². The van der Waals surface area contributed by atoms with Gasteiger partial charge in [-0.25, -0.2) is 0 Å². The van der Waals surface area contributed by atoms with E-state index in [0.29, 0.717) is 6.16 Å². The fourth-order valence-electron chi connectivity index (χ4n) is 0.0707. The van der Waals surface area contributed by atoms with Crippen molar-refractivity contribution < 1.29 is 4.57 Å². The van der Waals surface area contributed by atoms with Crippen molar-refractivity contribution in [2.45, 2.75) is 6.92 Å². The molecular formula is C3H5NOP+. The van der Waals surface area contributed by atoms with Crippen LogP contribution in [0.5, 0.6) is 0 Å². The molecule has 0 radical (unpaired) electrons. The molecule has 0 saturated heterocycles. The highest BCUT2D eigenvalue weighted by Crippen LogP contribution is 2.14. The number of rotatable bonds is 1. The third-order valence-electron chi connectivity index (χ3n) is 0.399. The van der Waals surface area contributed by atoms with Gasteiger partial charge in [-0.15, -0.1) is 5.26 Å². The van der Waals surface area contributed by atoms with Crippen LogP contribution in [0.1, 0.15) is 6.92 Å². The first-order valence-corrected chi connectivity index (χ1v) is 3.10. The summed E-state index contributed by atoms with van der Waals surface area (Å²) in [4.78, 5) is 0. The van der Waals surface area contributed by atoms with E-state index in [4.69, 9.17) is 5.26 Å². The van der Waals surface area contributed by atoms with E-state index in [9.17, 15) is 4.57 Å². The normalized spacial score (nSPS) is 9.67. The maximum absolute atomic E-state index is 9.97. The zero-order valence-corrected chi connectivity index (χ0v) is 4.40. The molecule has 0 aliphatic heterocycles. The van der Waals surface area contributed by atoms with E-state index in [2.05, 4.69) is 0 Å². The summed E-state index contributed by atoms with van der Waals surface area (Å²) in [6, 6.07) is 0. The van der Waals surface area contributed by atoms with Crippen molar-refractivity contribution in [1.29, 1.82) is 5.26 Å². The highest BCUT2D eigenvalue weighted by Gasteiger charge is 2.05. The molecule has 0 N–H and O–H groups in total. The van der Waals surface area contributed by atoms with Gasteiger partial charge in [-0.2, -0.15) is 0 Å². The van der Waals surface area contributed by atoms with E-state index in [1.165, 1.54) is 0 Å². The van der Waals surface area contributed by atoms with Crippen LogP contribution in [0, 0.1) is 11.1 Å². The minimum atomic E-state index is -1.52. The van der Waals surface area contributed by atoms with Gasteiger partial charge in [0.1, 0.15) is 0 Å². The van der Waals surface area contributed by atoms with Crippen LogP contribution in [0.2, 0.25) is 0 Å². The lowest BCUT2D eigenvalue weighted by molar-refractivity contribution is 0.594. The standard InChI is InChI=1S/C3H5NOP/c1-2-6(5)3-4/h2H2,1H3/q+1. The van der Waals surface area contributed by atoms with Crippen LogP contribution in [0.25, 0.3) is 0 Å². The monoisotopic (exact) mass is 102 g/mol. The SMILES string of the molecule is CC[P+](=O)C#N. The molecule has 0 amide bonds. The Balaban J connectivity index is 3.33. The largest absolute Gasteiger partial charge is 0.455 e. The number of nitrogens with zero attached hydrogens (tertiary/aromatic N) is 1. The first-order valence-electron chi connectivity index (χ1n) is 1.65.